The normalized spacial score (nSPS) is 14.6. The standard InChI is InChI=1S/C22H22N4O2/c27-21(24-18-7-3-1-4-8-18)17-11-13-25(14-12-17)22(28)20-15-23-16-26(20)19-9-5-2-6-10-19/h1-10,15-17H,11-14H2,(H,24,27). The zero-order valence-electron chi connectivity index (χ0n) is 15.5. The number of aromatic nitrogens is 2. The number of nitrogens with zero attached hydrogens (tertiary/aromatic N) is 3. The highest BCUT2D eigenvalue weighted by atomic mass is 16.2. The summed E-state index contributed by atoms with van der Waals surface area (Å²) in [6.45, 7) is 1.12. The Hall–Kier alpha value is -3.41. The van der Waals surface area contributed by atoms with Crippen LogP contribution in [-0.2, 0) is 4.79 Å². The summed E-state index contributed by atoms with van der Waals surface area (Å²) in [4.78, 5) is 31.4. The molecule has 0 atom stereocenters. The highest BCUT2D eigenvalue weighted by Gasteiger charge is 2.29. The third-order valence-electron chi connectivity index (χ3n) is 5.09. The molecule has 1 aliphatic rings. The van der Waals surface area contributed by atoms with Gasteiger partial charge in [-0.25, -0.2) is 4.98 Å². The van der Waals surface area contributed by atoms with E-state index in [0.717, 1.165) is 11.4 Å². The van der Waals surface area contributed by atoms with Gasteiger partial charge in [0.05, 0.1) is 12.5 Å². The number of nitrogens with one attached hydrogen (secondary N) is 1. The van der Waals surface area contributed by atoms with Crippen molar-refractivity contribution in [2.75, 3.05) is 18.4 Å². The fraction of sp³-hybridized carbons (Fsp3) is 0.227. The lowest BCUT2D eigenvalue weighted by Crippen LogP contribution is -2.42. The van der Waals surface area contributed by atoms with E-state index in [2.05, 4.69) is 10.3 Å². The number of likely N-dealkylation sites (tertiary alicyclic amines) is 1. The maximum atomic E-state index is 13.0. The average Bonchev–Trinajstić information content (AvgIpc) is 3.24. The van der Waals surface area contributed by atoms with Crippen molar-refractivity contribution in [1.82, 2.24) is 14.5 Å². The molecule has 2 heterocycles. The molecule has 3 aromatic rings. The Morgan fingerprint density at radius 1 is 0.929 bits per heavy atom. The van der Waals surface area contributed by atoms with E-state index in [-0.39, 0.29) is 17.7 Å². The molecular weight excluding hydrogens is 352 g/mol. The zero-order valence-corrected chi connectivity index (χ0v) is 15.5. The minimum absolute atomic E-state index is 0.0210. The lowest BCUT2D eigenvalue weighted by atomic mass is 9.95. The van der Waals surface area contributed by atoms with E-state index in [9.17, 15) is 9.59 Å². The van der Waals surface area contributed by atoms with Crippen LogP contribution in [0.25, 0.3) is 5.69 Å². The summed E-state index contributed by atoms with van der Waals surface area (Å²) in [7, 11) is 0. The summed E-state index contributed by atoms with van der Waals surface area (Å²) in [5.74, 6) is -0.112. The first-order valence-electron chi connectivity index (χ1n) is 9.45. The highest BCUT2D eigenvalue weighted by molar-refractivity contribution is 5.94. The minimum atomic E-state index is -0.0803. The van der Waals surface area contributed by atoms with Crippen LogP contribution in [0.15, 0.2) is 73.2 Å². The van der Waals surface area contributed by atoms with Crippen LogP contribution in [-0.4, -0.2) is 39.4 Å². The third kappa shape index (κ3) is 3.81. The van der Waals surface area contributed by atoms with Gasteiger partial charge in [-0.15, -0.1) is 0 Å². The van der Waals surface area contributed by atoms with Crippen LogP contribution in [0.5, 0.6) is 0 Å². The van der Waals surface area contributed by atoms with Crippen LogP contribution in [0.3, 0.4) is 0 Å². The van der Waals surface area contributed by atoms with Crippen molar-refractivity contribution in [2.45, 2.75) is 12.8 Å². The van der Waals surface area contributed by atoms with Gasteiger partial charge in [-0.2, -0.15) is 0 Å². The lowest BCUT2D eigenvalue weighted by Gasteiger charge is -2.31. The van der Waals surface area contributed by atoms with Gasteiger partial charge in [-0.1, -0.05) is 36.4 Å². The monoisotopic (exact) mass is 374 g/mol. The van der Waals surface area contributed by atoms with Crippen molar-refractivity contribution in [3.8, 4) is 5.69 Å². The SMILES string of the molecule is O=C(Nc1ccccc1)C1CCN(C(=O)c2cncn2-c2ccccc2)CC1. The topological polar surface area (TPSA) is 67.2 Å². The van der Waals surface area contributed by atoms with Gasteiger partial charge in [0.2, 0.25) is 5.91 Å². The number of imidazole rings is 1. The van der Waals surface area contributed by atoms with Crippen LogP contribution in [0.2, 0.25) is 0 Å². The van der Waals surface area contributed by atoms with E-state index in [1.165, 1.54) is 0 Å². The molecule has 2 aromatic carbocycles. The highest BCUT2D eigenvalue weighted by Crippen LogP contribution is 2.22. The van der Waals surface area contributed by atoms with Gasteiger partial charge >= 0.3 is 0 Å². The molecule has 1 saturated heterocycles. The Balaban J connectivity index is 1.39. The number of rotatable bonds is 4. The van der Waals surface area contributed by atoms with Gasteiger partial charge in [0.1, 0.15) is 5.69 Å². The quantitative estimate of drug-likeness (QED) is 0.761. The molecule has 1 aromatic heterocycles. The fourth-order valence-electron chi connectivity index (χ4n) is 3.52. The Labute approximate surface area is 163 Å². The number of amides is 2. The van der Waals surface area contributed by atoms with E-state index in [4.69, 9.17) is 0 Å². The first-order chi connectivity index (χ1) is 13.7. The van der Waals surface area contributed by atoms with Gasteiger partial charge in [0.15, 0.2) is 0 Å². The van der Waals surface area contributed by atoms with Crippen molar-refractivity contribution < 1.29 is 9.59 Å². The van der Waals surface area contributed by atoms with Crippen molar-refractivity contribution in [3.05, 3.63) is 78.9 Å². The summed E-state index contributed by atoms with van der Waals surface area (Å²) in [5, 5.41) is 2.96. The molecular formula is C22H22N4O2. The number of carbonyl (C=O) groups excluding carboxylic acids is 2. The fourth-order valence-corrected chi connectivity index (χ4v) is 3.52. The molecule has 0 aliphatic carbocycles. The molecule has 0 saturated carbocycles. The number of hydrogen-bond acceptors (Lipinski definition) is 3. The molecule has 0 radical (unpaired) electrons. The summed E-state index contributed by atoms with van der Waals surface area (Å²) in [5.41, 5.74) is 2.25. The number of hydrogen-bond donors (Lipinski definition) is 1. The molecule has 28 heavy (non-hydrogen) atoms. The molecule has 1 aliphatic heterocycles. The molecule has 1 N–H and O–H groups in total. The van der Waals surface area contributed by atoms with Crippen LogP contribution in [0.4, 0.5) is 5.69 Å². The van der Waals surface area contributed by atoms with Gasteiger partial charge in [-0.3, -0.25) is 14.2 Å². The number of carbonyl (C=O) groups is 2. The predicted octanol–water partition coefficient (Wildman–Crippen LogP) is 3.36. The molecule has 142 valence electrons. The summed E-state index contributed by atoms with van der Waals surface area (Å²) < 4.78 is 1.80. The number of para-hydroxylation sites is 2. The Morgan fingerprint density at radius 3 is 2.25 bits per heavy atom. The molecule has 4 rings (SSSR count). The molecule has 1 fully saturated rings. The molecule has 0 bridgehead atoms. The lowest BCUT2D eigenvalue weighted by molar-refractivity contribution is -0.121. The zero-order chi connectivity index (χ0) is 19.3. The second-order valence-electron chi connectivity index (χ2n) is 6.91. The number of benzene rings is 2. The van der Waals surface area contributed by atoms with E-state index >= 15 is 0 Å². The van der Waals surface area contributed by atoms with Crippen molar-refractivity contribution in [1.29, 1.82) is 0 Å². The molecule has 2 amide bonds. The van der Waals surface area contributed by atoms with Crippen molar-refractivity contribution in [2.24, 2.45) is 5.92 Å². The second kappa shape index (κ2) is 8.08. The van der Waals surface area contributed by atoms with Gasteiger partial charge < -0.3 is 10.2 Å². The maximum absolute atomic E-state index is 13.0. The minimum Gasteiger partial charge on any atom is -0.337 e. The van der Waals surface area contributed by atoms with Crippen LogP contribution in [0.1, 0.15) is 23.3 Å². The van der Waals surface area contributed by atoms with Gasteiger partial charge in [-0.05, 0) is 37.1 Å². The first-order valence-corrected chi connectivity index (χ1v) is 9.45. The number of piperidine rings is 1. The number of anilines is 1. The maximum Gasteiger partial charge on any atom is 0.272 e. The van der Waals surface area contributed by atoms with Gasteiger partial charge in [0, 0.05) is 30.4 Å². The Bertz CT molecular complexity index is 945. The summed E-state index contributed by atoms with van der Waals surface area (Å²) >= 11 is 0. The smallest absolute Gasteiger partial charge is 0.272 e. The van der Waals surface area contributed by atoms with Crippen LogP contribution in [0, 0.1) is 5.92 Å². The summed E-state index contributed by atoms with van der Waals surface area (Å²) in [6, 6.07) is 19.1. The van der Waals surface area contributed by atoms with E-state index in [0.29, 0.717) is 31.6 Å². The molecule has 6 heteroatoms. The summed E-state index contributed by atoms with van der Waals surface area (Å²) in [6.07, 6.45) is 4.57. The van der Waals surface area contributed by atoms with Gasteiger partial charge in [0.25, 0.3) is 5.91 Å². The van der Waals surface area contributed by atoms with Crippen LogP contribution >= 0.6 is 0 Å². The largest absolute Gasteiger partial charge is 0.337 e. The molecule has 6 nitrogen and oxygen atoms in total. The van der Waals surface area contributed by atoms with Crippen molar-refractivity contribution in [3.63, 3.8) is 0 Å². The van der Waals surface area contributed by atoms with E-state index in [1.54, 1.807) is 17.1 Å². The predicted molar refractivity (Wildman–Crippen MR) is 107 cm³/mol. The van der Waals surface area contributed by atoms with Crippen molar-refractivity contribution >= 4 is 17.5 Å². The molecule has 0 unspecified atom stereocenters. The second-order valence-corrected chi connectivity index (χ2v) is 6.91. The Morgan fingerprint density at radius 2 is 1.57 bits per heavy atom. The molecule has 0 spiro atoms. The van der Waals surface area contributed by atoms with Crippen LogP contribution < -0.4 is 5.32 Å². The third-order valence-corrected chi connectivity index (χ3v) is 5.09. The Kier molecular flexibility index (Phi) is 5.19. The van der Waals surface area contributed by atoms with E-state index < -0.39 is 0 Å². The average molecular weight is 374 g/mol. The van der Waals surface area contributed by atoms with E-state index in [1.807, 2.05) is 65.6 Å². The first kappa shape index (κ1) is 18.0.